The van der Waals surface area contributed by atoms with Crippen LogP contribution in [0.3, 0.4) is 0 Å². The van der Waals surface area contributed by atoms with Crippen LogP contribution in [0.5, 0.6) is 0 Å². The summed E-state index contributed by atoms with van der Waals surface area (Å²) in [6, 6.07) is 4.12. The van der Waals surface area contributed by atoms with Crippen LogP contribution < -0.4 is 5.32 Å². The molecule has 3 heteroatoms. The van der Waals surface area contributed by atoms with Gasteiger partial charge in [0.15, 0.2) is 0 Å². The predicted octanol–water partition coefficient (Wildman–Crippen LogP) is 3.76. The Morgan fingerprint density at radius 3 is 2.71 bits per heavy atom. The van der Waals surface area contributed by atoms with Gasteiger partial charge in [-0.3, -0.25) is 4.98 Å². The molecule has 1 aromatic heterocycles. The number of aromatic nitrogens is 1. The van der Waals surface area contributed by atoms with Crippen molar-refractivity contribution < 1.29 is 0 Å². The minimum atomic E-state index is 0.877. The summed E-state index contributed by atoms with van der Waals surface area (Å²) in [7, 11) is 0. The summed E-state index contributed by atoms with van der Waals surface area (Å²) in [5.74, 6) is 1.82. The number of halogens is 1. The molecule has 0 spiro atoms. The first-order valence-electron chi connectivity index (χ1n) is 6.55. The third-order valence-electron chi connectivity index (χ3n) is 3.66. The molecule has 1 saturated carbocycles. The van der Waals surface area contributed by atoms with E-state index in [1.165, 1.54) is 25.7 Å². The molecular weight excluding hydrogens is 276 g/mol. The Balaban J connectivity index is 1.67. The van der Waals surface area contributed by atoms with Gasteiger partial charge in [0.05, 0.1) is 5.69 Å². The maximum atomic E-state index is 4.36. The van der Waals surface area contributed by atoms with Gasteiger partial charge in [0.25, 0.3) is 0 Å². The highest BCUT2D eigenvalue weighted by Crippen LogP contribution is 2.27. The van der Waals surface area contributed by atoms with Crippen molar-refractivity contribution in [2.75, 3.05) is 6.54 Å². The van der Waals surface area contributed by atoms with Crippen molar-refractivity contribution in [3.8, 4) is 0 Å². The third kappa shape index (κ3) is 4.40. The molecule has 2 nitrogen and oxygen atoms in total. The van der Waals surface area contributed by atoms with Crippen molar-refractivity contribution in [3.05, 3.63) is 28.5 Å². The van der Waals surface area contributed by atoms with Crippen LogP contribution in [-0.4, -0.2) is 11.5 Å². The van der Waals surface area contributed by atoms with Gasteiger partial charge in [-0.15, -0.1) is 0 Å². The van der Waals surface area contributed by atoms with Crippen molar-refractivity contribution in [2.45, 2.75) is 39.2 Å². The number of nitrogens with one attached hydrogen (secondary N) is 1. The van der Waals surface area contributed by atoms with Crippen LogP contribution in [0.2, 0.25) is 0 Å². The first kappa shape index (κ1) is 13.0. The molecule has 1 aliphatic carbocycles. The molecule has 1 N–H and O–H groups in total. The van der Waals surface area contributed by atoms with Crippen molar-refractivity contribution >= 4 is 15.9 Å². The normalized spacial score (nSPS) is 24.8. The Morgan fingerprint density at radius 1 is 1.29 bits per heavy atom. The molecule has 2 rings (SSSR count). The molecule has 0 atom stereocenters. The standard InChI is InChI=1S/C14H21BrN2/c1-11-2-4-12(5-3-11)8-16-10-14-7-6-13(15)9-17-14/h6-7,9,11-12,16H,2-5,8,10H2,1H3. The van der Waals surface area contributed by atoms with E-state index < -0.39 is 0 Å². The molecule has 0 unspecified atom stereocenters. The lowest BCUT2D eigenvalue weighted by Crippen LogP contribution is -2.26. The number of hydrogen-bond acceptors (Lipinski definition) is 2. The fourth-order valence-corrected chi connectivity index (χ4v) is 2.68. The molecule has 94 valence electrons. The van der Waals surface area contributed by atoms with Crippen molar-refractivity contribution in [1.82, 2.24) is 10.3 Å². The van der Waals surface area contributed by atoms with Crippen LogP contribution in [0.15, 0.2) is 22.8 Å². The van der Waals surface area contributed by atoms with Gasteiger partial charge in [0.2, 0.25) is 0 Å². The molecule has 0 aliphatic heterocycles. The quantitative estimate of drug-likeness (QED) is 0.915. The average Bonchev–Trinajstić information content (AvgIpc) is 2.34. The van der Waals surface area contributed by atoms with Crippen LogP contribution in [-0.2, 0) is 6.54 Å². The number of nitrogens with zero attached hydrogens (tertiary/aromatic N) is 1. The predicted molar refractivity (Wildman–Crippen MR) is 74.8 cm³/mol. The average molecular weight is 297 g/mol. The van der Waals surface area contributed by atoms with E-state index in [1.54, 1.807) is 0 Å². The van der Waals surface area contributed by atoms with Gasteiger partial charge in [0.1, 0.15) is 0 Å². The van der Waals surface area contributed by atoms with Gasteiger partial charge in [-0.25, -0.2) is 0 Å². The molecule has 1 aromatic rings. The molecule has 17 heavy (non-hydrogen) atoms. The second-order valence-electron chi connectivity index (χ2n) is 5.22. The highest BCUT2D eigenvalue weighted by molar-refractivity contribution is 9.10. The SMILES string of the molecule is CC1CCC(CNCc2ccc(Br)cn2)CC1. The molecular formula is C14H21BrN2. The summed E-state index contributed by atoms with van der Waals surface area (Å²) in [6.07, 6.45) is 7.45. The summed E-state index contributed by atoms with van der Waals surface area (Å²) >= 11 is 3.40. The first-order chi connectivity index (χ1) is 8.24. The zero-order valence-electron chi connectivity index (χ0n) is 10.5. The lowest BCUT2D eigenvalue weighted by atomic mass is 9.83. The van der Waals surface area contributed by atoms with E-state index in [0.717, 1.165) is 35.1 Å². The van der Waals surface area contributed by atoms with E-state index in [-0.39, 0.29) is 0 Å². The molecule has 1 fully saturated rings. The molecule has 0 aromatic carbocycles. The van der Waals surface area contributed by atoms with Crippen LogP contribution in [0.1, 0.15) is 38.3 Å². The molecule has 1 aliphatic rings. The highest BCUT2D eigenvalue weighted by atomic mass is 79.9. The van der Waals surface area contributed by atoms with E-state index >= 15 is 0 Å². The lowest BCUT2D eigenvalue weighted by Gasteiger charge is -2.26. The number of rotatable bonds is 4. The maximum absolute atomic E-state index is 4.36. The fourth-order valence-electron chi connectivity index (χ4n) is 2.45. The van der Waals surface area contributed by atoms with Gasteiger partial charge in [-0.1, -0.05) is 19.8 Å². The second kappa shape index (κ2) is 6.50. The highest BCUT2D eigenvalue weighted by Gasteiger charge is 2.17. The van der Waals surface area contributed by atoms with Crippen molar-refractivity contribution in [3.63, 3.8) is 0 Å². The Labute approximate surface area is 112 Å². The summed E-state index contributed by atoms with van der Waals surface area (Å²) < 4.78 is 1.04. The largest absolute Gasteiger partial charge is 0.311 e. The zero-order chi connectivity index (χ0) is 12.1. The zero-order valence-corrected chi connectivity index (χ0v) is 12.0. The minimum absolute atomic E-state index is 0.877. The van der Waals surface area contributed by atoms with Crippen molar-refractivity contribution in [1.29, 1.82) is 0 Å². The van der Waals surface area contributed by atoms with E-state index in [0.29, 0.717) is 0 Å². The minimum Gasteiger partial charge on any atom is -0.311 e. The molecule has 0 radical (unpaired) electrons. The third-order valence-corrected chi connectivity index (χ3v) is 4.13. The molecule has 0 bridgehead atoms. The van der Waals surface area contributed by atoms with Crippen LogP contribution in [0.25, 0.3) is 0 Å². The van der Waals surface area contributed by atoms with E-state index in [1.807, 2.05) is 12.3 Å². The van der Waals surface area contributed by atoms with Gasteiger partial charge in [-0.05, 0) is 59.3 Å². The van der Waals surface area contributed by atoms with Crippen LogP contribution in [0, 0.1) is 11.8 Å². The fraction of sp³-hybridized carbons (Fsp3) is 0.643. The monoisotopic (exact) mass is 296 g/mol. The van der Waals surface area contributed by atoms with Crippen LogP contribution >= 0.6 is 15.9 Å². The molecule has 0 saturated heterocycles. The Kier molecular flexibility index (Phi) is 4.99. The van der Waals surface area contributed by atoms with Gasteiger partial charge < -0.3 is 5.32 Å². The van der Waals surface area contributed by atoms with E-state index in [2.05, 4.69) is 39.2 Å². The summed E-state index contributed by atoms with van der Waals surface area (Å²) in [6.45, 7) is 4.40. The van der Waals surface area contributed by atoms with Gasteiger partial charge >= 0.3 is 0 Å². The van der Waals surface area contributed by atoms with Gasteiger partial charge in [0, 0.05) is 17.2 Å². The van der Waals surface area contributed by atoms with Crippen LogP contribution in [0.4, 0.5) is 0 Å². The first-order valence-corrected chi connectivity index (χ1v) is 7.34. The maximum Gasteiger partial charge on any atom is 0.0542 e. The Bertz CT molecular complexity index is 329. The molecule has 1 heterocycles. The van der Waals surface area contributed by atoms with E-state index in [4.69, 9.17) is 0 Å². The summed E-state index contributed by atoms with van der Waals surface area (Å²) in [4.78, 5) is 4.36. The smallest absolute Gasteiger partial charge is 0.0542 e. The number of pyridine rings is 1. The van der Waals surface area contributed by atoms with E-state index in [9.17, 15) is 0 Å². The Morgan fingerprint density at radius 2 is 2.06 bits per heavy atom. The second-order valence-corrected chi connectivity index (χ2v) is 6.14. The topological polar surface area (TPSA) is 24.9 Å². The Hall–Kier alpha value is -0.410. The lowest BCUT2D eigenvalue weighted by molar-refractivity contribution is 0.281. The molecule has 0 amide bonds. The summed E-state index contributed by atoms with van der Waals surface area (Å²) in [5.41, 5.74) is 1.12. The van der Waals surface area contributed by atoms with Gasteiger partial charge in [-0.2, -0.15) is 0 Å². The summed E-state index contributed by atoms with van der Waals surface area (Å²) in [5, 5.41) is 3.53. The van der Waals surface area contributed by atoms with Crippen molar-refractivity contribution in [2.24, 2.45) is 11.8 Å². The number of hydrogen-bond donors (Lipinski definition) is 1.